The molecule has 1 aliphatic heterocycles. The van der Waals surface area contributed by atoms with E-state index in [9.17, 15) is 4.79 Å². The zero-order chi connectivity index (χ0) is 17.2. The zero-order valence-electron chi connectivity index (χ0n) is 13.4. The van der Waals surface area contributed by atoms with Gasteiger partial charge in [0.2, 0.25) is 5.91 Å². The summed E-state index contributed by atoms with van der Waals surface area (Å²) in [7, 11) is 0. The lowest BCUT2D eigenvalue weighted by Crippen LogP contribution is -2.15. The molecule has 1 N–H and O–H groups in total. The van der Waals surface area contributed by atoms with Crippen LogP contribution in [-0.2, 0) is 17.8 Å². The van der Waals surface area contributed by atoms with E-state index in [4.69, 9.17) is 11.6 Å². The highest BCUT2D eigenvalue weighted by atomic mass is 35.5. The number of carbonyl (C=O) groups is 1. The largest absolute Gasteiger partial charge is 0.325 e. The smallest absolute Gasteiger partial charge is 0.228 e. The van der Waals surface area contributed by atoms with Crippen molar-refractivity contribution in [3.05, 3.63) is 65.3 Å². The summed E-state index contributed by atoms with van der Waals surface area (Å²) in [4.78, 5) is 17.1. The number of para-hydroxylation sites is 1. The van der Waals surface area contributed by atoms with Crippen LogP contribution < -0.4 is 5.32 Å². The molecule has 0 aliphatic carbocycles. The molecule has 0 unspecified atom stereocenters. The molecule has 1 amide bonds. The second-order valence-corrected chi connectivity index (χ2v) is 7.28. The van der Waals surface area contributed by atoms with Gasteiger partial charge in [0.1, 0.15) is 0 Å². The van der Waals surface area contributed by atoms with Crippen molar-refractivity contribution in [2.24, 2.45) is 0 Å². The number of aromatic nitrogens is 2. The lowest BCUT2D eigenvalue weighted by Gasteiger charge is -2.10. The van der Waals surface area contributed by atoms with E-state index in [1.807, 2.05) is 48.7 Å². The third-order valence-corrected chi connectivity index (χ3v) is 5.43. The highest BCUT2D eigenvalue weighted by molar-refractivity contribution is 7.99. The van der Waals surface area contributed by atoms with E-state index in [0.717, 1.165) is 40.0 Å². The number of nitrogens with zero attached hydrogens (tertiary/aromatic N) is 2. The number of amides is 1. The van der Waals surface area contributed by atoms with E-state index in [2.05, 4.69) is 14.9 Å². The molecule has 6 heteroatoms. The Bertz CT molecular complexity index is 916. The minimum atomic E-state index is -0.0957. The molecule has 126 valence electrons. The van der Waals surface area contributed by atoms with Gasteiger partial charge >= 0.3 is 0 Å². The fourth-order valence-corrected chi connectivity index (χ4v) is 4.01. The SMILES string of the molecule is O=C(Cc1ccccc1Cl)Nc1ccccc1-c1cn2c(n1)SCC2. The Morgan fingerprint density at radius 3 is 2.84 bits per heavy atom. The summed E-state index contributed by atoms with van der Waals surface area (Å²) < 4.78 is 2.16. The summed E-state index contributed by atoms with van der Waals surface area (Å²) in [5.74, 6) is 0.973. The lowest BCUT2D eigenvalue weighted by molar-refractivity contribution is -0.115. The van der Waals surface area contributed by atoms with Crippen molar-refractivity contribution in [3.63, 3.8) is 0 Å². The van der Waals surface area contributed by atoms with E-state index < -0.39 is 0 Å². The first-order valence-electron chi connectivity index (χ1n) is 8.03. The first kappa shape index (κ1) is 16.2. The molecule has 2 heterocycles. The Morgan fingerprint density at radius 1 is 1.20 bits per heavy atom. The molecule has 2 aromatic carbocycles. The fourth-order valence-electron chi connectivity index (χ4n) is 2.86. The maximum absolute atomic E-state index is 12.5. The number of hydrogen-bond donors (Lipinski definition) is 1. The standard InChI is InChI=1S/C19H16ClN3OS/c20-15-7-3-1-5-13(15)11-18(24)21-16-8-4-2-6-14(16)17-12-23-9-10-25-19(23)22-17/h1-8,12H,9-11H2,(H,21,24). The van der Waals surface area contributed by atoms with Crippen molar-refractivity contribution in [2.45, 2.75) is 18.1 Å². The summed E-state index contributed by atoms with van der Waals surface area (Å²) in [6.45, 7) is 0.980. The van der Waals surface area contributed by atoms with Crippen LogP contribution in [0.1, 0.15) is 5.56 Å². The quantitative estimate of drug-likeness (QED) is 0.737. The average molecular weight is 370 g/mol. The number of nitrogens with one attached hydrogen (secondary N) is 1. The second kappa shape index (κ2) is 6.94. The van der Waals surface area contributed by atoms with Gasteiger partial charge in [0.25, 0.3) is 0 Å². The van der Waals surface area contributed by atoms with Crippen LogP contribution in [-0.4, -0.2) is 21.2 Å². The third-order valence-electron chi connectivity index (χ3n) is 4.09. The van der Waals surface area contributed by atoms with Gasteiger partial charge in [-0.25, -0.2) is 4.98 Å². The molecular formula is C19H16ClN3OS. The average Bonchev–Trinajstić information content (AvgIpc) is 3.19. The van der Waals surface area contributed by atoms with Gasteiger partial charge < -0.3 is 9.88 Å². The van der Waals surface area contributed by atoms with Crippen LogP contribution in [0.5, 0.6) is 0 Å². The van der Waals surface area contributed by atoms with Crippen LogP contribution in [0, 0.1) is 0 Å². The number of aryl methyl sites for hydroxylation is 1. The first-order valence-corrected chi connectivity index (χ1v) is 9.40. The van der Waals surface area contributed by atoms with Crippen molar-refractivity contribution in [1.29, 1.82) is 0 Å². The van der Waals surface area contributed by atoms with Crippen LogP contribution in [0.3, 0.4) is 0 Å². The van der Waals surface area contributed by atoms with Crippen molar-refractivity contribution in [3.8, 4) is 11.3 Å². The highest BCUT2D eigenvalue weighted by Crippen LogP contribution is 2.32. The number of hydrogen-bond acceptors (Lipinski definition) is 3. The van der Waals surface area contributed by atoms with Gasteiger partial charge in [-0.15, -0.1) is 0 Å². The molecule has 0 bridgehead atoms. The Labute approximate surface area is 155 Å². The molecule has 25 heavy (non-hydrogen) atoms. The number of anilines is 1. The number of fused-ring (bicyclic) bond motifs is 1. The molecule has 0 saturated heterocycles. The van der Waals surface area contributed by atoms with Crippen molar-refractivity contribution in [1.82, 2.24) is 9.55 Å². The molecule has 0 radical (unpaired) electrons. The molecular weight excluding hydrogens is 354 g/mol. The van der Waals surface area contributed by atoms with Crippen molar-refractivity contribution >= 4 is 35.0 Å². The van der Waals surface area contributed by atoms with Crippen LogP contribution in [0.25, 0.3) is 11.3 Å². The normalized spacial score (nSPS) is 12.8. The second-order valence-electron chi connectivity index (χ2n) is 5.81. The summed E-state index contributed by atoms with van der Waals surface area (Å²) in [5.41, 5.74) is 3.39. The van der Waals surface area contributed by atoms with E-state index in [1.165, 1.54) is 0 Å². The molecule has 0 spiro atoms. The van der Waals surface area contributed by atoms with Crippen LogP contribution in [0.4, 0.5) is 5.69 Å². The van der Waals surface area contributed by atoms with Gasteiger partial charge in [0.05, 0.1) is 17.8 Å². The van der Waals surface area contributed by atoms with Gasteiger partial charge in [-0.1, -0.05) is 59.8 Å². The minimum Gasteiger partial charge on any atom is -0.325 e. The molecule has 1 aliphatic rings. The number of carbonyl (C=O) groups excluding carboxylic acids is 1. The Kier molecular flexibility index (Phi) is 4.51. The number of rotatable bonds is 4. The molecule has 0 atom stereocenters. The maximum Gasteiger partial charge on any atom is 0.228 e. The Hall–Kier alpha value is -2.24. The van der Waals surface area contributed by atoms with E-state index in [0.29, 0.717) is 5.02 Å². The molecule has 0 saturated carbocycles. The highest BCUT2D eigenvalue weighted by Gasteiger charge is 2.17. The van der Waals surface area contributed by atoms with E-state index in [-0.39, 0.29) is 12.3 Å². The molecule has 3 aromatic rings. The number of halogens is 1. The Balaban J connectivity index is 1.56. The number of benzene rings is 2. The van der Waals surface area contributed by atoms with Crippen LogP contribution >= 0.6 is 23.4 Å². The Morgan fingerprint density at radius 2 is 2.00 bits per heavy atom. The van der Waals surface area contributed by atoms with Gasteiger partial charge in [-0.05, 0) is 17.7 Å². The van der Waals surface area contributed by atoms with E-state index >= 15 is 0 Å². The summed E-state index contributed by atoms with van der Waals surface area (Å²) >= 11 is 7.90. The summed E-state index contributed by atoms with van der Waals surface area (Å²) in [6, 6.07) is 15.1. The molecule has 4 nitrogen and oxygen atoms in total. The van der Waals surface area contributed by atoms with Gasteiger partial charge in [0, 0.05) is 29.1 Å². The molecule has 1 aromatic heterocycles. The first-order chi connectivity index (χ1) is 12.2. The summed E-state index contributed by atoms with van der Waals surface area (Å²) in [6.07, 6.45) is 2.29. The van der Waals surface area contributed by atoms with Crippen molar-refractivity contribution in [2.75, 3.05) is 11.1 Å². The predicted octanol–water partition coefficient (Wildman–Crippen LogP) is 4.49. The topological polar surface area (TPSA) is 46.9 Å². The maximum atomic E-state index is 12.5. The van der Waals surface area contributed by atoms with Crippen LogP contribution in [0.2, 0.25) is 5.02 Å². The van der Waals surface area contributed by atoms with Gasteiger partial charge in [0.15, 0.2) is 5.16 Å². The number of imidazole rings is 1. The molecule has 0 fully saturated rings. The third kappa shape index (κ3) is 3.43. The lowest BCUT2D eigenvalue weighted by atomic mass is 10.1. The fraction of sp³-hybridized carbons (Fsp3) is 0.158. The van der Waals surface area contributed by atoms with Crippen molar-refractivity contribution < 1.29 is 4.79 Å². The van der Waals surface area contributed by atoms with Crippen LogP contribution in [0.15, 0.2) is 59.9 Å². The molecule has 4 rings (SSSR count). The van der Waals surface area contributed by atoms with Gasteiger partial charge in [-0.2, -0.15) is 0 Å². The predicted molar refractivity (Wildman–Crippen MR) is 102 cm³/mol. The minimum absolute atomic E-state index is 0.0957. The van der Waals surface area contributed by atoms with Gasteiger partial charge in [-0.3, -0.25) is 4.79 Å². The monoisotopic (exact) mass is 369 g/mol. The number of thioether (sulfide) groups is 1. The summed E-state index contributed by atoms with van der Waals surface area (Å²) in [5, 5.41) is 4.64. The van der Waals surface area contributed by atoms with E-state index in [1.54, 1.807) is 17.8 Å². The zero-order valence-corrected chi connectivity index (χ0v) is 15.0.